The largest absolute Gasteiger partial charge is 0.251 e. The quantitative estimate of drug-likeness (QED) is 0.621. The molecule has 58 valence electrons. The third kappa shape index (κ3) is 2.99. The topological polar surface area (TPSA) is 0 Å². The maximum atomic E-state index is 11.6. The molecular weight excluding hydrogens is 139 g/mol. The van der Waals surface area contributed by atoms with Crippen molar-refractivity contribution in [2.45, 2.75) is 6.42 Å². The average Bonchev–Trinajstić information content (AvgIpc) is 2.07. The van der Waals surface area contributed by atoms with Crippen LogP contribution in [0.2, 0.25) is 0 Å². The van der Waals surface area contributed by atoms with E-state index < -0.39 is 0 Å². The lowest BCUT2D eigenvalue weighted by Gasteiger charge is -1.89. The molecule has 0 unspecified atom stereocenters. The average molecular weight is 150 g/mol. The van der Waals surface area contributed by atoms with Crippen molar-refractivity contribution in [1.82, 2.24) is 0 Å². The summed E-state index contributed by atoms with van der Waals surface area (Å²) in [5, 5.41) is 0. The summed E-state index contributed by atoms with van der Waals surface area (Å²) in [6.07, 6.45) is 4.28. The van der Waals surface area contributed by atoms with Gasteiger partial charge < -0.3 is 0 Å². The molecule has 0 aliphatic rings. The van der Waals surface area contributed by atoms with Crippen molar-refractivity contribution >= 4 is 6.08 Å². The minimum absolute atomic E-state index is 0.274. The van der Waals surface area contributed by atoms with Crippen LogP contribution in [-0.2, 0) is 0 Å². The van der Waals surface area contributed by atoms with Gasteiger partial charge in [0.1, 0.15) is 0 Å². The summed E-state index contributed by atoms with van der Waals surface area (Å²) in [6, 6.07) is 9.89. The number of allylic oxidation sites excluding steroid dienone is 1. The Morgan fingerprint density at radius 2 is 1.91 bits per heavy atom. The lowest BCUT2D eigenvalue weighted by molar-refractivity contribution is 0.501. The maximum absolute atomic E-state index is 11.6. The molecular formula is C10H11F. The molecule has 0 saturated heterocycles. The third-order valence-corrected chi connectivity index (χ3v) is 1.39. The highest BCUT2D eigenvalue weighted by Gasteiger charge is 1.81. The molecule has 0 amide bonds. The third-order valence-electron chi connectivity index (χ3n) is 1.39. The molecule has 0 bridgehead atoms. The van der Waals surface area contributed by atoms with Crippen LogP contribution in [-0.4, -0.2) is 6.67 Å². The van der Waals surface area contributed by atoms with E-state index in [2.05, 4.69) is 0 Å². The van der Waals surface area contributed by atoms with Crippen LogP contribution in [0.15, 0.2) is 36.4 Å². The van der Waals surface area contributed by atoms with Gasteiger partial charge in [-0.2, -0.15) is 0 Å². The molecule has 0 aliphatic carbocycles. The SMILES string of the molecule is FCC/C=C/c1ccccc1. The van der Waals surface area contributed by atoms with Gasteiger partial charge in [-0.05, 0) is 12.0 Å². The Morgan fingerprint density at radius 1 is 1.18 bits per heavy atom. The highest BCUT2D eigenvalue weighted by atomic mass is 19.1. The number of halogens is 1. The molecule has 1 rings (SSSR count). The minimum Gasteiger partial charge on any atom is -0.251 e. The standard InChI is InChI=1S/C10H11F/c11-9-5-4-8-10-6-2-1-3-7-10/h1-4,6-8H,5,9H2/b8-4+. The number of benzene rings is 1. The molecule has 0 nitrogen and oxygen atoms in total. The van der Waals surface area contributed by atoms with Crippen LogP contribution in [0.1, 0.15) is 12.0 Å². The van der Waals surface area contributed by atoms with Crippen molar-refractivity contribution in [3.63, 3.8) is 0 Å². The predicted molar refractivity (Wildman–Crippen MR) is 46.1 cm³/mol. The summed E-state index contributed by atoms with van der Waals surface area (Å²) in [5.41, 5.74) is 1.13. The van der Waals surface area contributed by atoms with E-state index >= 15 is 0 Å². The lowest BCUT2D eigenvalue weighted by atomic mass is 10.2. The first-order valence-electron chi connectivity index (χ1n) is 3.71. The molecule has 0 aliphatic heterocycles. The van der Waals surface area contributed by atoms with Gasteiger partial charge in [0, 0.05) is 0 Å². The monoisotopic (exact) mass is 150 g/mol. The van der Waals surface area contributed by atoms with Gasteiger partial charge in [0.15, 0.2) is 0 Å². The fraction of sp³-hybridized carbons (Fsp3) is 0.200. The molecule has 0 atom stereocenters. The summed E-state index contributed by atoms with van der Waals surface area (Å²) < 4.78 is 11.6. The zero-order valence-corrected chi connectivity index (χ0v) is 6.33. The molecule has 0 N–H and O–H groups in total. The number of hydrogen-bond donors (Lipinski definition) is 0. The van der Waals surface area contributed by atoms with Crippen LogP contribution in [0.5, 0.6) is 0 Å². The van der Waals surface area contributed by atoms with Gasteiger partial charge in [-0.1, -0.05) is 42.5 Å². The Balaban J connectivity index is 2.50. The normalized spacial score (nSPS) is 10.6. The highest BCUT2D eigenvalue weighted by Crippen LogP contribution is 2.01. The van der Waals surface area contributed by atoms with E-state index in [1.54, 1.807) is 0 Å². The van der Waals surface area contributed by atoms with E-state index in [1.165, 1.54) is 0 Å². The van der Waals surface area contributed by atoms with Crippen molar-refractivity contribution in [1.29, 1.82) is 0 Å². The Labute approximate surface area is 66.4 Å². The molecule has 0 aromatic heterocycles. The predicted octanol–water partition coefficient (Wildman–Crippen LogP) is 3.06. The van der Waals surface area contributed by atoms with Gasteiger partial charge in [-0.3, -0.25) is 4.39 Å². The lowest BCUT2D eigenvalue weighted by Crippen LogP contribution is -1.70. The van der Waals surface area contributed by atoms with Gasteiger partial charge in [0.2, 0.25) is 0 Å². The Kier molecular flexibility index (Phi) is 3.39. The number of rotatable bonds is 3. The van der Waals surface area contributed by atoms with Gasteiger partial charge >= 0.3 is 0 Å². The first kappa shape index (κ1) is 7.99. The van der Waals surface area contributed by atoms with Crippen LogP contribution in [0.3, 0.4) is 0 Å². The fourth-order valence-corrected chi connectivity index (χ4v) is 0.847. The van der Waals surface area contributed by atoms with Crippen LogP contribution in [0.25, 0.3) is 6.08 Å². The Hall–Kier alpha value is -1.11. The van der Waals surface area contributed by atoms with Crippen molar-refractivity contribution in [3.8, 4) is 0 Å². The molecule has 0 radical (unpaired) electrons. The van der Waals surface area contributed by atoms with Crippen LogP contribution in [0, 0.1) is 0 Å². The molecule has 1 heteroatoms. The first-order valence-corrected chi connectivity index (χ1v) is 3.71. The molecule has 0 fully saturated rings. The molecule has 0 saturated carbocycles. The van der Waals surface area contributed by atoms with Crippen LogP contribution >= 0.6 is 0 Å². The second kappa shape index (κ2) is 4.67. The second-order valence-electron chi connectivity index (χ2n) is 2.29. The first-order chi connectivity index (χ1) is 5.43. The number of hydrogen-bond acceptors (Lipinski definition) is 0. The summed E-state index contributed by atoms with van der Waals surface area (Å²) in [7, 11) is 0. The van der Waals surface area contributed by atoms with Gasteiger partial charge in [-0.15, -0.1) is 0 Å². The van der Waals surface area contributed by atoms with Gasteiger partial charge in [0.25, 0.3) is 0 Å². The van der Waals surface area contributed by atoms with E-state index in [9.17, 15) is 4.39 Å². The summed E-state index contributed by atoms with van der Waals surface area (Å²) in [6.45, 7) is -0.274. The zero-order valence-electron chi connectivity index (χ0n) is 6.33. The maximum Gasteiger partial charge on any atom is 0.0928 e. The van der Waals surface area contributed by atoms with Crippen molar-refractivity contribution < 1.29 is 4.39 Å². The number of alkyl halides is 1. The summed E-state index contributed by atoms with van der Waals surface area (Å²) in [4.78, 5) is 0. The minimum atomic E-state index is -0.274. The molecule has 1 aromatic rings. The second-order valence-corrected chi connectivity index (χ2v) is 2.29. The van der Waals surface area contributed by atoms with E-state index in [0.717, 1.165) is 5.56 Å². The Bertz CT molecular complexity index is 214. The van der Waals surface area contributed by atoms with Gasteiger partial charge in [-0.25, -0.2) is 0 Å². The van der Waals surface area contributed by atoms with Crippen molar-refractivity contribution in [2.24, 2.45) is 0 Å². The fourth-order valence-electron chi connectivity index (χ4n) is 0.847. The van der Waals surface area contributed by atoms with E-state index in [1.807, 2.05) is 42.5 Å². The van der Waals surface area contributed by atoms with Crippen molar-refractivity contribution in [3.05, 3.63) is 42.0 Å². The van der Waals surface area contributed by atoms with Crippen LogP contribution < -0.4 is 0 Å². The van der Waals surface area contributed by atoms with E-state index in [-0.39, 0.29) is 6.67 Å². The molecule has 11 heavy (non-hydrogen) atoms. The molecule has 0 heterocycles. The van der Waals surface area contributed by atoms with Gasteiger partial charge in [0.05, 0.1) is 6.67 Å². The highest BCUT2D eigenvalue weighted by molar-refractivity contribution is 5.48. The summed E-state index contributed by atoms with van der Waals surface area (Å²) in [5.74, 6) is 0. The zero-order chi connectivity index (χ0) is 7.94. The summed E-state index contributed by atoms with van der Waals surface area (Å²) >= 11 is 0. The van der Waals surface area contributed by atoms with E-state index in [0.29, 0.717) is 6.42 Å². The smallest absolute Gasteiger partial charge is 0.0928 e. The van der Waals surface area contributed by atoms with Crippen LogP contribution in [0.4, 0.5) is 4.39 Å². The van der Waals surface area contributed by atoms with Crippen molar-refractivity contribution in [2.75, 3.05) is 6.67 Å². The Morgan fingerprint density at radius 3 is 2.55 bits per heavy atom. The molecule has 1 aromatic carbocycles. The molecule has 0 spiro atoms. The van der Waals surface area contributed by atoms with E-state index in [4.69, 9.17) is 0 Å².